The van der Waals surface area contributed by atoms with Crippen molar-refractivity contribution in [3.8, 4) is 0 Å². The number of esters is 1. The molecule has 1 aliphatic carbocycles. The maximum absolute atomic E-state index is 13.6. The van der Waals surface area contributed by atoms with E-state index in [4.69, 9.17) is 4.74 Å². The van der Waals surface area contributed by atoms with Gasteiger partial charge in [-0.3, -0.25) is 4.79 Å². The SMILES string of the molecule is O=C(OC1(c2ccccc2)CCNCC1)C1(c2ccccc2)CCCC1. The summed E-state index contributed by atoms with van der Waals surface area (Å²) < 4.78 is 6.43. The molecule has 0 spiro atoms. The number of hydrogen-bond acceptors (Lipinski definition) is 3. The zero-order chi connectivity index (χ0) is 17.9. The van der Waals surface area contributed by atoms with Gasteiger partial charge < -0.3 is 10.1 Å². The molecule has 2 fully saturated rings. The monoisotopic (exact) mass is 349 g/mol. The lowest BCUT2D eigenvalue weighted by atomic mass is 9.78. The Labute approximate surface area is 155 Å². The van der Waals surface area contributed by atoms with Crippen molar-refractivity contribution in [2.75, 3.05) is 13.1 Å². The molecule has 2 aromatic carbocycles. The molecular formula is C23H27NO2. The Kier molecular flexibility index (Phi) is 4.82. The molecule has 0 bridgehead atoms. The van der Waals surface area contributed by atoms with Crippen LogP contribution in [0.3, 0.4) is 0 Å². The highest BCUT2D eigenvalue weighted by Gasteiger charge is 2.48. The van der Waals surface area contributed by atoms with Crippen molar-refractivity contribution in [3.63, 3.8) is 0 Å². The van der Waals surface area contributed by atoms with Crippen LogP contribution in [0.5, 0.6) is 0 Å². The number of carbonyl (C=O) groups is 1. The number of benzene rings is 2. The van der Waals surface area contributed by atoms with Crippen LogP contribution in [0.1, 0.15) is 49.7 Å². The second-order valence-electron chi connectivity index (χ2n) is 7.66. The first kappa shape index (κ1) is 17.3. The fourth-order valence-electron chi connectivity index (χ4n) is 4.64. The second-order valence-corrected chi connectivity index (χ2v) is 7.66. The lowest BCUT2D eigenvalue weighted by molar-refractivity contribution is -0.171. The van der Waals surface area contributed by atoms with Crippen LogP contribution in [0, 0.1) is 0 Å². The number of piperidine rings is 1. The minimum Gasteiger partial charge on any atom is -0.453 e. The Morgan fingerprint density at radius 2 is 1.31 bits per heavy atom. The van der Waals surface area contributed by atoms with E-state index < -0.39 is 11.0 Å². The molecule has 3 nitrogen and oxygen atoms in total. The van der Waals surface area contributed by atoms with Gasteiger partial charge in [-0.05, 0) is 37.1 Å². The zero-order valence-electron chi connectivity index (χ0n) is 15.2. The quantitative estimate of drug-likeness (QED) is 0.836. The topological polar surface area (TPSA) is 38.3 Å². The van der Waals surface area contributed by atoms with E-state index in [0.29, 0.717) is 0 Å². The molecule has 0 atom stereocenters. The Hall–Kier alpha value is -2.13. The van der Waals surface area contributed by atoms with E-state index in [9.17, 15) is 4.79 Å². The van der Waals surface area contributed by atoms with Crippen LogP contribution in [0.2, 0.25) is 0 Å². The summed E-state index contributed by atoms with van der Waals surface area (Å²) in [6.07, 6.45) is 5.60. The molecule has 0 amide bonds. The van der Waals surface area contributed by atoms with E-state index in [0.717, 1.165) is 62.7 Å². The van der Waals surface area contributed by atoms with Crippen molar-refractivity contribution in [1.82, 2.24) is 5.32 Å². The average Bonchev–Trinajstić information content (AvgIpc) is 3.21. The molecule has 2 aromatic rings. The van der Waals surface area contributed by atoms with Crippen molar-refractivity contribution in [2.45, 2.75) is 49.5 Å². The number of ether oxygens (including phenoxy) is 1. The largest absolute Gasteiger partial charge is 0.453 e. The summed E-state index contributed by atoms with van der Waals surface area (Å²) in [6.45, 7) is 1.75. The molecule has 1 N–H and O–H groups in total. The summed E-state index contributed by atoms with van der Waals surface area (Å²) in [7, 11) is 0. The molecule has 0 aromatic heterocycles. The highest BCUT2D eigenvalue weighted by Crippen LogP contribution is 2.45. The first-order valence-electron chi connectivity index (χ1n) is 9.81. The van der Waals surface area contributed by atoms with Crippen molar-refractivity contribution < 1.29 is 9.53 Å². The first-order valence-corrected chi connectivity index (χ1v) is 9.81. The van der Waals surface area contributed by atoms with E-state index in [2.05, 4.69) is 29.6 Å². The van der Waals surface area contributed by atoms with Gasteiger partial charge in [0.2, 0.25) is 0 Å². The minimum atomic E-state index is -0.506. The van der Waals surface area contributed by atoms with E-state index in [1.165, 1.54) is 0 Å². The molecule has 1 saturated carbocycles. The lowest BCUT2D eigenvalue weighted by Gasteiger charge is -2.40. The maximum atomic E-state index is 13.6. The molecule has 2 aliphatic rings. The van der Waals surface area contributed by atoms with E-state index in [1.807, 2.05) is 36.4 Å². The van der Waals surface area contributed by atoms with Crippen LogP contribution < -0.4 is 5.32 Å². The van der Waals surface area contributed by atoms with Crippen molar-refractivity contribution >= 4 is 5.97 Å². The summed E-state index contributed by atoms with van der Waals surface area (Å²) >= 11 is 0. The minimum absolute atomic E-state index is 0.0352. The second kappa shape index (κ2) is 7.24. The van der Waals surface area contributed by atoms with Gasteiger partial charge in [0.05, 0.1) is 5.41 Å². The van der Waals surface area contributed by atoms with E-state index in [1.54, 1.807) is 0 Å². The molecule has 0 unspecified atom stereocenters. The van der Waals surface area contributed by atoms with Gasteiger partial charge in [0, 0.05) is 12.8 Å². The molecule has 4 rings (SSSR count). The van der Waals surface area contributed by atoms with E-state index >= 15 is 0 Å². The van der Waals surface area contributed by atoms with Gasteiger partial charge in [0.25, 0.3) is 0 Å². The Balaban J connectivity index is 1.68. The summed E-state index contributed by atoms with van der Waals surface area (Å²) in [6, 6.07) is 20.5. The molecule has 0 radical (unpaired) electrons. The van der Waals surface area contributed by atoms with Crippen LogP contribution >= 0.6 is 0 Å². The van der Waals surface area contributed by atoms with Crippen LogP contribution in [-0.2, 0) is 20.5 Å². The maximum Gasteiger partial charge on any atom is 0.317 e. The van der Waals surface area contributed by atoms with Crippen LogP contribution in [0.25, 0.3) is 0 Å². The highest BCUT2D eigenvalue weighted by molar-refractivity contribution is 5.84. The van der Waals surface area contributed by atoms with Crippen molar-refractivity contribution in [1.29, 1.82) is 0 Å². The van der Waals surface area contributed by atoms with Gasteiger partial charge >= 0.3 is 5.97 Å². The van der Waals surface area contributed by atoms with Gasteiger partial charge in [-0.2, -0.15) is 0 Å². The van der Waals surface area contributed by atoms with Gasteiger partial charge in [0.1, 0.15) is 5.60 Å². The van der Waals surface area contributed by atoms with Gasteiger partial charge in [-0.15, -0.1) is 0 Å². The number of hydrogen-bond donors (Lipinski definition) is 1. The molecule has 1 aliphatic heterocycles. The average molecular weight is 349 g/mol. The fourth-order valence-corrected chi connectivity index (χ4v) is 4.64. The number of carbonyl (C=O) groups excluding carboxylic acids is 1. The molecule has 3 heteroatoms. The molecule has 136 valence electrons. The number of nitrogens with one attached hydrogen (secondary N) is 1. The third kappa shape index (κ3) is 3.05. The van der Waals surface area contributed by atoms with Crippen LogP contribution in [0.4, 0.5) is 0 Å². The zero-order valence-corrected chi connectivity index (χ0v) is 15.2. The van der Waals surface area contributed by atoms with Gasteiger partial charge in [-0.1, -0.05) is 73.5 Å². The van der Waals surface area contributed by atoms with E-state index in [-0.39, 0.29) is 5.97 Å². The predicted molar refractivity (Wildman–Crippen MR) is 103 cm³/mol. The molecule has 1 heterocycles. The third-order valence-corrected chi connectivity index (χ3v) is 6.17. The lowest BCUT2D eigenvalue weighted by Crippen LogP contribution is -2.47. The normalized spacial score (nSPS) is 21.2. The molecular weight excluding hydrogens is 322 g/mol. The Bertz CT molecular complexity index is 729. The Morgan fingerprint density at radius 3 is 1.88 bits per heavy atom. The summed E-state index contributed by atoms with van der Waals surface area (Å²) in [5, 5.41) is 3.40. The van der Waals surface area contributed by atoms with Crippen molar-refractivity contribution in [2.24, 2.45) is 0 Å². The van der Waals surface area contributed by atoms with Crippen molar-refractivity contribution in [3.05, 3.63) is 71.8 Å². The summed E-state index contributed by atoms with van der Waals surface area (Å²) in [5.41, 5.74) is 1.25. The fraction of sp³-hybridized carbons (Fsp3) is 0.435. The highest BCUT2D eigenvalue weighted by atomic mass is 16.6. The van der Waals surface area contributed by atoms with Crippen LogP contribution in [0.15, 0.2) is 60.7 Å². The molecule has 1 saturated heterocycles. The first-order chi connectivity index (χ1) is 12.8. The van der Waals surface area contributed by atoms with Crippen LogP contribution in [-0.4, -0.2) is 19.1 Å². The summed E-state index contributed by atoms with van der Waals surface area (Å²) in [4.78, 5) is 13.6. The smallest absolute Gasteiger partial charge is 0.317 e. The standard InChI is InChI=1S/C23H27NO2/c25-21(22(13-7-8-14-22)19-9-3-1-4-10-19)26-23(15-17-24-18-16-23)20-11-5-2-6-12-20/h1-6,9-12,24H,7-8,13-18H2. The van der Waals surface area contributed by atoms with Gasteiger partial charge in [-0.25, -0.2) is 0 Å². The predicted octanol–water partition coefficient (Wildman–Crippen LogP) is 4.32. The molecule has 26 heavy (non-hydrogen) atoms. The third-order valence-electron chi connectivity index (χ3n) is 6.17. The van der Waals surface area contributed by atoms with Gasteiger partial charge in [0.15, 0.2) is 0 Å². The number of rotatable bonds is 4. The Morgan fingerprint density at radius 1 is 0.769 bits per heavy atom. The summed E-state index contributed by atoms with van der Waals surface area (Å²) in [5.74, 6) is -0.0352.